The number of piperidine rings is 2. The minimum absolute atomic E-state index is 0.398. The van der Waals surface area contributed by atoms with E-state index >= 15 is 0 Å². The summed E-state index contributed by atoms with van der Waals surface area (Å²) in [5, 5.41) is 3.47. The zero-order chi connectivity index (χ0) is 20.1. The highest BCUT2D eigenvalue weighted by molar-refractivity contribution is 5.78. The van der Waals surface area contributed by atoms with Crippen LogP contribution in [0.25, 0.3) is 0 Å². The smallest absolute Gasteiger partial charge is 0.237 e. The van der Waals surface area contributed by atoms with E-state index in [2.05, 4.69) is 42.8 Å². The Balaban J connectivity index is 1.56. The zero-order valence-corrected chi connectivity index (χ0v) is 19.0. The van der Waals surface area contributed by atoms with Crippen molar-refractivity contribution in [2.45, 2.75) is 85.1 Å². The van der Waals surface area contributed by atoms with Crippen LogP contribution in [0.3, 0.4) is 0 Å². The van der Waals surface area contributed by atoms with Gasteiger partial charge in [-0.3, -0.25) is 9.69 Å². The lowest BCUT2D eigenvalue weighted by molar-refractivity contribution is -0.136. The third-order valence-corrected chi connectivity index (χ3v) is 7.92. The van der Waals surface area contributed by atoms with Crippen molar-refractivity contribution < 1.29 is 4.79 Å². The standard InChI is InChI=1S/C24H45N3O/c1-5-19-6-7-20(16-19)17-27(22-8-12-25-13-9-22)23(28)18-26-14-10-21(11-15-26)24(2,3)4/h19-22,25H,5-18H2,1-4H3. The summed E-state index contributed by atoms with van der Waals surface area (Å²) in [6.07, 6.45) is 10.1. The lowest BCUT2D eigenvalue weighted by atomic mass is 9.75. The molecule has 28 heavy (non-hydrogen) atoms. The third-order valence-electron chi connectivity index (χ3n) is 7.92. The second-order valence-corrected chi connectivity index (χ2v) is 10.9. The molecule has 1 amide bonds. The molecule has 3 fully saturated rings. The summed E-state index contributed by atoms with van der Waals surface area (Å²) in [5.41, 5.74) is 0.398. The Hall–Kier alpha value is -0.610. The van der Waals surface area contributed by atoms with Crippen LogP contribution in [0.15, 0.2) is 0 Å². The summed E-state index contributed by atoms with van der Waals surface area (Å²) in [6.45, 7) is 15.4. The van der Waals surface area contributed by atoms with Gasteiger partial charge in [0, 0.05) is 12.6 Å². The number of hydrogen-bond acceptors (Lipinski definition) is 3. The first-order chi connectivity index (χ1) is 13.4. The Labute approximate surface area is 173 Å². The first-order valence-corrected chi connectivity index (χ1v) is 12.1. The number of rotatable bonds is 6. The molecule has 2 atom stereocenters. The molecule has 2 aliphatic heterocycles. The van der Waals surface area contributed by atoms with E-state index in [9.17, 15) is 4.79 Å². The fourth-order valence-electron chi connectivity index (χ4n) is 5.81. The highest BCUT2D eigenvalue weighted by Gasteiger charge is 2.33. The van der Waals surface area contributed by atoms with E-state index in [-0.39, 0.29) is 0 Å². The van der Waals surface area contributed by atoms with E-state index in [0.717, 1.165) is 63.3 Å². The summed E-state index contributed by atoms with van der Waals surface area (Å²) in [5.74, 6) is 2.83. The number of carbonyl (C=O) groups excluding carboxylic acids is 1. The molecule has 3 rings (SSSR count). The maximum atomic E-state index is 13.4. The van der Waals surface area contributed by atoms with Crippen molar-refractivity contribution in [3.8, 4) is 0 Å². The zero-order valence-electron chi connectivity index (χ0n) is 19.0. The van der Waals surface area contributed by atoms with Gasteiger partial charge in [-0.25, -0.2) is 0 Å². The molecular weight excluding hydrogens is 346 g/mol. The summed E-state index contributed by atoms with van der Waals surface area (Å²) in [4.78, 5) is 18.1. The van der Waals surface area contributed by atoms with Crippen LogP contribution in [0.4, 0.5) is 0 Å². The number of nitrogens with zero attached hydrogens (tertiary/aromatic N) is 2. The van der Waals surface area contributed by atoms with E-state index in [1.54, 1.807) is 0 Å². The van der Waals surface area contributed by atoms with Gasteiger partial charge in [0.15, 0.2) is 0 Å². The van der Waals surface area contributed by atoms with E-state index in [0.29, 0.717) is 23.9 Å². The Morgan fingerprint density at radius 2 is 1.64 bits per heavy atom. The highest BCUT2D eigenvalue weighted by Crippen LogP contribution is 2.35. The maximum Gasteiger partial charge on any atom is 0.237 e. The predicted molar refractivity (Wildman–Crippen MR) is 117 cm³/mol. The van der Waals surface area contributed by atoms with Crippen LogP contribution in [0.1, 0.15) is 79.1 Å². The molecule has 162 valence electrons. The molecule has 2 unspecified atom stereocenters. The van der Waals surface area contributed by atoms with Gasteiger partial charge in [-0.15, -0.1) is 0 Å². The van der Waals surface area contributed by atoms with Crippen LogP contribution < -0.4 is 5.32 Å². The lowest BCUT2D eigenvalue weighted by Crippen LogP contribution is -2.51. The van der Waals surface area contributed by atoms with Crippen LogP contribution in [0.5, 0.6) is 0 Å². The normalized spacial score (nSPS) is 28.6. The molecule has 4 nitrogen and oxygen atoms in total. The van der Waals surface area contributed by atoms with Crippen LogP contribution in [-0.4, -0.2) is 61.0 Å². The number of amides is 1. The number of carbonyl (C=O) groups is 1. The van der Waals surface area contributed by atoms with Crippen molar-refractivity contribution in [2.75, 3.05) is 39.3 Å². The van der Waals surface area contributed by atoms with Gasteiger partial charge in [-0.05, 0) is 87.9 Å². The van der Waals surface area contributed by atoms with Gasteiger partial charge in [-0.2, -0.15) is 0 Å². The van der Waals surface area contributed by atoms with Gasteiger partial charge in [0.25, 0.3) is 0 Å². The van der Waals surface area contributed by atoms with Crippen molar-refractivity contribution in [2.24, 2.45) is 23.2 Å². The molecular formula is C24H45N3O. The maximum absolute atomic E-state index is 13.4. The fourth-order valence-corrected chi connectivity index (χ4v) is 5.81. The van der Waals surface area contributed by atoms with E-state index in [1.807, 2.05) is 0 Å². The molecule has 0 radical (unpaired) electrons. The number of likely N-dealkylation sites (tertiary alicyclic amines) is 1. The summed E-state index contributed by atoms with van der Waals surface area (Å²) < 4.78 is 0. The molecule has 0 spiro atoms. The van der Waals surface area contributed by atoms with Crippen molar-refractivity contribution >= 4 is 5.91 Å². The highest BCUT2D eigenvalue weighted by atomic mass is 16.2. The quantitative estimate of drug-likeness (QED) is 0.739. The van der Waals surface area contributed by atoms with Crippen molar-refractivity contribution in [3.05, 3.63) is 0 Å². The Morgan fingerprint density at radius 1 is 1.00 bits per heavy atom. The second-order valence-electron chi connectivity index (χ2n) is 10.9. The van der Waals surface area contributed by atoms with Crippen LogP contribution >= 0.6 is 0 Å². The van der Waals surface area contributed by atoms with Crippen molar-refractivity contribution in [1.82, 2.24) is 15.1 Å². The van der Waals surface area contributed by atoms with Crippen LogP contribution in [0, 0.1) is 23.2 Å². The van der Waals surface area contributed by atoms with Gasteiger partial charge < -0.3 is 10.2 Å². The molecule has 2 heterocycles. The lowest BCUT2D eigenvalue weighted by Gasteiger charge is -2.41. The molecule has 0 aromatic heterocycles. The predicted octanol–water partition coefficient (Wildman–Crippen LogP) is 4.15. The molecule has 3 aliphatic rings. The Bertz CT molecular complexity index is 487. The number of hydrogen-bond donors (Lipinski definition) is 1. The molecule has 4 heteroatoms. The largest absolute Gasteiger partial charge is 0.338 e. The molecule has 0 aromatic rings. The van der Waals surface area contributed by atoms with Crippen LogP contribution in [-0.2, 0) is 4.79 Å². The minimum atomic E-state index is 0.398. The van der Waals surface area contributed by atoms with Gasteiger partial charge in [0.2, 0.25) is 5.91 Å². The second kappa shape index (κ2) is 9.93. The Morgan fingerprint density at radius 3 is 2.21 bits per heavy atom. The SMILES string of the molecule is CCC1CCC(CN(C(=O)CN2CCC(C(C)(C)C)CC2)C2CCNCC2)C1. The summed E-state index contributed by atoms with van der Waals surface area (Å²) >= 11 is 0. The average molecular weight is 392 g/mol. The third kappa shape index (κ3) is 5.95. The van der Waals surface area contributed by atoms with Gasteiger partial charge in [0.1, 0.15) is 0 Å². The topological polar surface area (TPSA) is 35.6 Å². The molecule has 0 bridgehead atoms. The van der Waals surface area contributed by atoms with E-state index < -0.39 is 0 Å². The first kappa shape index (κ1) is 22.1. The molecule has 1 saturated carbocycles. The average Bonchev–Trinajstić information content (AvgIpc) is 3.14. The minimum Gasteiger partial charge on any atom is -0.338 e. The fraction of sp³-hybridized carbons (Fsp3) is 0.958. The van der Waals surface area contributed by atoms with E-state index in [1.165, 1.54) is 38.5 Å². The molecule has 2 saturated heterocycles. The molecule has 1 aliphatic carbocycles. The first-order valence-electron chi connectivity index (χ1n) is 12.1. The van der Waals surface area contributed by atoms with Gasteiger partial charge in [-0.1, -0.05) is 40.5 Å². The monoisotopic (exact) mass is 391 g/mol. The number of nitrogens with one attached hydrogen (secondary N) is 1. The van der Waals surface area contributed by atoms with Crippen LogP contribution in [0.2, 0.25) is 0 Å². The summed E-state index contributed by atoms with van der Waals surface area (Å²) in [7, 11) is 0. The molecule has 1 N–H and O–H groups in total. The van der Waals surface area contributed by atoms with E-state index in [4.69, 9.17) is 0 Å². The summed E-state index contributed by atoms with van der Waals surface area (Å²) in [6, 6.07) is 0.460. The van der Waals surface area contributed by atoms with Crippen molar-refractivity contribution in [1.29, 1.82) is 0 Å². The van der Waals surface area contributed by atoms with Gasteiger partial charge in [0.05, 0.1) is 6.54 Å². The van der Waals surface area contributed by atoms with Crippen molar-refractivity contribution in [3.63, 3.8) is 0 Å². The molecule has 0 aromatic carbocycles. The van der Waals surface area contributed by atoms with Gasteiger partial charge >= 0.3 is 0 Å². The Kier molecular flexibility index (Phi) is 7.83.